The second-order valence-electron chi connectivity index (χ2n) is 7.28. The van der Waals surface area contributed by atoms with Crippen molar-refractivity contribution in [2.45, 2.75) is 31.3 Å². The molecule has 1 aromatic carbocycles. The van der Waals surface area contributed by atoms with Crippen LogP contribution in [0.2, 0.25) is 0 Å². The van der Waals surface area contributed by atoms with Crippen LogP contribution in [0, 0.1) is 0 Å². The zero-order valence-electron chi connectivity index (χ0n) is 15.1. The average Bonchev–Trinajstić information content (AvgIpc) is 3.13. The van der Waals surface area contributed by atoms with Gasteiger partial charge in [0.25, 0.3) is 5.91 Å². The molecule has 0 unspecified atom stereocenters. The molecule has 2 fully saturated rings. The predicted octanol–water partition coefficient (Wildman–Crippen LogP) is 1.52. The lowest BCUT2D eigenvalue weighted by atomic mass is 10.0. The van der Waals surface area contributed by atoms with E-state index in [-0.39, 0.29) is 29.0 Å². The van der Waals surface area contributed by atoms with Gasteiger partial charge in [-0.2, -0.15) is 0 Å². The highest BCUT2D eigenvalue weighted by Crippen LogP contribution is 2.19. The van der Waals surface area contributed by atoms with E-state index in [4.69, 9.17) is 4.74 Å². The summed E-state index contributed by atoms with van der Waals surface area (Å²) in [5.41, 5.74) is 0.796. The van der Waals surface area contributed by atoms with E-state index in [1.165, 1.54) is 19.3 Å². The van der Waals surface area contributed by atoms with Crippen molar-refractivity contribution < 1.29 is 9.53 Å². The molecule has 0 radical (unpaired) electrons. The number of aryl methyl sites for hydroxylation is 1. The Kier molecular flexibility index (Phi) is 4.78. The number of carbonyl (C=O) groups is 1. The van der Waals surface area contributed by atoms with Crippen LogP contribution in [0.15, 0.2) is 35.3 Å². The summed E-state index contributed by atoms with van der Waals surface area (Å²) in [6.07, 6.45) is 5.30. The molecule has 0 aliphatic carbocycles. The van der Waals surface area contributed by atoms with Crippen molar-refractivity contribution in [3.63, 3.8) is 0 Å². The van der Waals surface area contributed by atoms with Crippen LogP contribution in [0.1, 0.15) is 29.6 Å². The minimum Gasteiger partial charge on any atom is -0.378 e. The van der Waals surface area contributed by atoms with Gasteiger partial charge in [-0.25, -0.2) is 0 Å². The largest absolute Gasteiger partial charge is 0.378 e. The number of para-hydroxylation sites is 1. The van der Waals surface area contributed by atoms with Crippen molar-refractivity contribution in [2.75, 3.05) is 26.3 Å². The van der Waals surface area contributed by atoms with Crippen molar-refractivity contribution in [2.24, 2.45) is 7.05 Å². The van der Waals surface area contributed by atoms with Crippen molar-refractivity contribution in [3.8, 4) is 0 Å². The number of ether oxygens (including phenoxy) is 1. The van der Waals surface area contributed by atoms with Gasteiger partial charge < -0.3 is 14.6 Å². The highest BCUT2D eigenvalue weighted by Gasteiger charge is 2.35. The topological polar surface area (TPSA) is 63.6 Å². The van der Waals surface area contributed by atoms with E-state index in [9.17, 15) is 9.59 Å². The van der Waals surface area contributed by atoms with Gasteiger partial charge in [-0.05, 0) is 38.1 Å². The van der Waals surface area contributed by atoms with Crippen LogP contribution in [0.25, 0.3) is 10.9 Å². The lowest BCUT2D eigenvalue weighted by Gasteiger charge is -2.34. The number of carbonyl (C=O) groups excluding carboxylic acids is 1. The smallest absolute Gasteiger partial charge is 0.257 e. The van der Waals surface area contributed by atoms with Gasteiger partial charge in [0.1, 0.15) is 5.56 Å². The van der Waals surface area contributed by atoms with Crippen molar-refractivity contribution in [1.82, 2.24) is 14.8 Å². The molecule has 1 aromatic heterocycles. The molecule has 2 aromatic rings. The Morgan fingerprint density at radius 3 is 2.73 bits per heavy atom. The monoisotopic (exact) mass is 355 g/mol. The molecule has 138 valence electrons. The summed E-state index contributed by atoms with van der Waals surface area (Å²) in [5, 5.41) is 3.62. The number of likely N-dealkylation sites (tertiary alicyclic amines) is 1. The third-order valence-electron chi connectivity index (χ3n) is 5.57. The quantitative estimate of drug-likeness (QED) is 0.907. The van der Waals surface area contributed by atoms with Crippen LogP contribution in [0.4, 0.5) is 0 Å². The third kappa shape index (κ3) is 3.15. The first kappa shape index (κ1) is 17.2. The third-order valence-corrected chi connectivity index (χ3v) is 5.57. The van der Waals surface area contributed by atoms with E-state index in [0.29, 0.717) is 18.6 Å². The standard InChI is InChI=1S/C20H25N3O3/c1-22-11-15(19(24)14-7-3-4-8-17(14)22)20(25)21-16-12-26-13-18(16)23-9-5-2-6-10-23/h3-4,7-8,11,16,18H,2,5-6,9-10,12-13H2,1H3,(H,21,25)/t16-,18-/m1/s1. The molecular formula is C20H25N3O3. The lowest BCUT2D eigenvalue weighted by Crippen LogP contribution is -2.52. The highest BCUT2D eigenvalue weighted by molar-refractivity contribution is 5.97. The molecule has 2 atom stereocenters. The zero-order chi connectivity index (χ0) is 18.1. The number of benzene rings is 1. The van der Waals surface area contributed by atoms with Crippen molar-refractivity contribution in [3.05, 3.63) is 46.2 Å². The second-order valence-corrected chi connectivity index (χ2v) is 7.28. The molecule has 26 heavy (non-hydrogen) atoms. The number of pyridine rings is 1. The molecule has 2 aliphatic heterocycles. The maximum atomic E-state index is 12.8. The maximum Gasteiger partial charge on any atom is 0.257 e. The first-order valence-electron chi connectivity index (χ1n) is 9.36. The number of aromatic nitrogens is 1. The van der Waals surface area contributed by atoms with E-state index in [1.807, 2.05) is 29.8 Å². The number of rotatable bonds is 3. The fourth-order valence-electron chi connectivity index (χ4n) is 4.14. The van der Waals surface area contributed by atoms with E-state index in [1.54, 1.807) is 12.3 Å². The van der Waals surface area contributed by atoms with Gasteiger partial charge in [-0.3, -0.25) is 14.5 Å². The molecule has 4 rings (SSSR count). The minimum atomic E-state index is -0.311. The molecule has 0 bridgehead atoms. The number of hydrogen-bond donors (Lipinski definition) is 1. The molecule has 0 saturated carbocycles. The SMILES string of the molecule is Cn1cc(C(=O)N[C@@H]2COC[C@H]2N2CCCCC2)c(=O)c2ccccc21. The highest BCUT2D eigenvalue weighted by atomic mass is 16.5. The number of fused-ring (bicyclic) bond motifs is 1. The van der Waals surface area contributed by atoms with Gasteiger partial charge >= 0.3 is 0 Å². The second kappa shape index (κ2) is 7.21. The first-order chi connectivity index (χ1) is 12.6. The summed E-state index contributed by atoms with van der Waals surface area (Å²) >= 11 is 0. The number of nitrogens with one attached hydrogen (secondary N) is 1. The van der Waals surface area contributed by atoms with E-state index < -0.39 is 0 Å². The molecule has 1 N–H and O–H groups in total. The Bertz CT molecular complexity index is 870. The van der Waals surface area contributed by atoms with Crippen LogP contribution >= 0.6 is 0 Å². The summed E-state index contributed by atoms with van der Waals surface area (Å²) in [5.74, 6) is -0.311. The van der Waals surface area contributed by atoms with Gasteiger partial charge in [0.15, 0.2) is 0 Å². The van der Waals surface area contributed by atoms with Gasteiger partial charge in [0.05, 0.1) is 30.8 Å². The summed E-state index contributed by atoms with van der Waals surface area (Å²) in [6.45, 7) is 3.25. The van der Waals surface area contributed by atoms with Gasteiger partial charge in [-0.15, -0.1) is 0 Å². The Morgan fingerprint density at radius 2 is 1.92 bits per heavy atom. The fraction of sp³-hybridized carbons (Fsp3) is 0.500. The molecular weight excluding hydrogens is 330 g/mol. The van der Waals surface area contributed by atoms with Crippen LogP contribution in [0.5, 0.6) is 0 Å². The normalized spacial score (nSPS) is 24.0. The van der Waals surface area contributed by atoms with Gasteiger partial charge in [0.2, 0.25) is 5.43 Å². The number of nitrogens with zero attached hydrogens (tertiary/aromatic N) is 2. The number of piperidine rings is 1. The zero-order valence-corrected chi connectivity index (χ0v) is 15.1. The minimum absolute atomic E-state index is 0.0724. The molecule has 6 heteroatoms. The van der Waals surface area contributed by atoms with E-state index >= 15 is 0 Å². The molecule has 6 nitrogen and oxygen atoms in total. The summed E-state index contributed by atoms with van der Waals surface area (Å²) < 4.78 is 7.48. The summed E-state index contributed by atoms with van der Waals surface area (Å²) in [7, 11) is 1.85. The molecule has 1 amide bonds. The molecule has 3 heterocycles. The Hall–Kier alpha value is -2.18. The van der Waals surface area contributed by atoms with Gasteiger partial charge in [-0.1, -0.05) is 18.6 Å². The first-order valence-corrected chi connectivity index (χ1v) is 9.36. The molecule has 2 aliphatic rings. The average molecular weight is 355 g/mol. The van der Waals surface area contributed by atoms with Crippen LogP contribution in [-0.4, -0.2) is 53.8 Å². The number of amides is 1. The van der Waals surface area contributed by atoms with Crippen molar-refractivity contribution in [1.29, 1.82) is 0 Å². The van der Waals surface area contributed by atoms with Crippen LogP contribution in [0.3, 0.4) is 0 Å². The van der Waals surface area contributed by atoms with E-state index in [0.717, 1.165) is 18.6 Å². The van der Waals surface area contributed by atoms with Gasteiger partial charge in [0, 0.05) is 18.6 Å². The summed E-state index contributed by atoms with van der Waals surface area (Å²) in [6, 6.07) is 7.49. The van der Waals surface area contributed by atoms with Crippen molar-refractivity contribution >= 4 is 16.8 Å². The Balaban J connectivity index is 1.57. The molecule has 0 spiro atoms. The predicted molar refractivity (Wildman–Crippen MR) is 100 cm³/mol. The van der Waals surface area contributed by atoms with Crippen LogP contribution < -0.4 is 10.7 Å². The summed E-state index contributed by atoms with van der Waals surface area (Å²) in [4.78, 5) is 28.0. The Labute approximate surface area is 152 Å². The van der Waals surface area contributed by atoms with Crippen LogP contribution in [-0.2, 0) is 11.8 Å². The Morgan fingerprint density at radius 1 is 1.15 bits per heavy atom. The number of hydrogen-bond acceptors (Lipinski definition) is 4. The fourth-order valence-corrected chi connectivity index (χ4v) is 4.14. The lowest BCUT2D eigenvalue weighted by molar-refractivity contribution is 0.0898. The molecule has 2 saturated heterocycles. The maximum absolute atomic E-state index is 12.8. The van der Waals surface area contributed by atoms with E-state index in [2.05, 4.69) is 10.2 Å².